The van der Waals surface area contributed by atoms with E-state index >= 15 is 0 Å². The number of nitrogens with one attached hydrogen (secondary N) is 1. The third-order valence-electron chi connectivity index (χ3n) is 1.36. The molecule has 4 N–H and O–H groups in total. The minimum Gasteiger partial charge on any atom is -0.465 e. The summed E-state index contributed by atoms with van der Waals surface area (Å²) in [4.78, 5) is 19.9. The van der Waals surface area contributed by atoms with Crippen molar-refractivity contribution in [2.24, 2.45) is 5.73 Å². The minimum absolute atomic E-state index is 0.0938. The second-order valence-corrected chi connectivity index (χ2v) is 3.28. The lowest BCUT2D eigenvalue weighted by molar-refractivity contribution is 0.130. The van der Waals surface area contributed by atoms with Gasteiger partial charge in [-0.1, -0.05) is 18.2 Å². The van der Waals surface area contributed by atoms with Gasteiger partial charge in [-0.05, 0) is 26.0 Å². The van der Waals surface area contributed by atoms with E-state index in [4.69, 9.17) is 14.6 Å². The molecule has 0 atom stereocenters. The first-order valence-electron chi connectivity index (χ1n) is 4.93. The number of anilines is 1. The Bertz CT molecular complexity index is 348. The average molecular weight is 240 g/mol. The van der Waals surface area contributed by atoms with Crippen molar-refractivity contribution in [3.63, 3.8) is 0 Å². The summed E-state index contributed by atoms with van der Waals surface area (Å²) in [6.45, 7) is 3.62. The van der Waals surface area contributed by atoms with Crippen LogP contribution in [-0.4, -0.2) is 23.4 Å². The van der Waals surface area contributed by atoms with Gasteiger partial charge >= 0.3 is 12.2 Å². The predicted octanol–water partition coefficient (Wildman–Crippen LogP) is 2.27. The fourth-order valence-corrected chi connectivity index (χ4v) is 0.883. The van der Waals surface area contributed by atoms with E-state index in [-0.39, 0.29) is 6.10 Å². The maximum Gasteiger partial charge on any atom is 0.411 e. The molecule has 0 radical (unpaired) electrons. The molecule has 0 saturated heterocycles. The maximum atomic E-state index is 11.1. The molecule has 6 nitrogen and oxygen atoms in total. The van der Waals surface area contributed by atoms with Crippen LogP contribution in [0.4, 0.5) is 15.3 Å². The molecule has 6 heteroatoms. The highest BCUT2D eigenvalue weighted by atomic mass is 16.6. The summed E-state index contributed by atoms with van der Waals surface area (Å²) in [7, 11) is 0. The topological polar surface area (TPSA) is 102 Å². The van der Waals surface area contributed by atoms with Crippen LogP contribution in [0.2, 0.25) is 0 Å². The molecule has 0 saturated carbocycles. The highest BCUT2D eigenvalue weighted by Crippen LogP contribution is 2.05. The van der Waals surface area contributed by atoms with Crippen LogP contribution in [-0.2, 0) is 4.74 Å². The molecule has 0 aromatic heterocycles. The monoisotopic (exact) mass is 240 g/mol. The van der Waals surface area contributed by atoms with Gasteiger partial charge in [0.1, 0.15) is 0 Å². The molecule has 0 heterocycles. The van der Waals surface area contributed by atoms with Gasteiger partial charge in [0.2, 0.25) is 0 Å². The van der Waals surface area contributed by atoms with E-state index in [0.717, 1.165) is 5.69 Å². The van der Waals surface area contributed by atoms with Crippen molar-refractivity contribution in [1.29, 1.82) is 0 Å². The van der Waals surface area contributed by atoms with Crippen LogP contribution in [0.5, 0.6) is 0 Å². The van der Waals surface area contributed by atoms with E-state index < -0.39 is 12.2 Å². The van der Waals surface area contributed by atoms with Crippen LogP contribution in [0.1, 0.15) is 13.8 Å². The van der Waals surface area contributed by atoms with Crippen LogP contribution in [0.15, 0.2) is 30.3 Å². The zero-order valence-corrected chi connectivity index (χ0v) is 9.71. The Morgan fingerprint density at radius 2 is 1.76 bits per heavy atom. The second-order valence-electron chi connectivity index (χ2n) is 3.28. The number of carbonyl (C=O) groups excluding carboxylic acids is 1. The van der Waals surface area contributed by atoms with E-state index in [9.17, 15) is 4.79 Å². The first-order chi connectivity index (χ1) is 7.91. The molecular formula is C11H16N2O4. The van der Waals surface area contributed by atoms with Crippen molar-refractivity contribution in [3.8, 4) is 0 Å². The molecule has 1 aromatic rings. The first-order valence-corrected chi connectivity index (χ1v) is 4.93. The van der Waals surface area contributed by atoms with Gasteiger partial charge in [0.15, 0.2) is 0 Å². The smallest absolute Gasteiger partial charge is 0.411 e. The highest BCUT2D eigenvalue weighted by molar-refractivity contribution is 5.84. The third kappa shape index (κ3) is 10.1. The summed E-state index contributed by atoms with van der Waals surface area (Å²) in [5.74, 6) is 0. The maximum absolute atomic E-state index is 11.1. The Morgan fingerprint density at radius 3 is 2.18 bits per heavy atom. The summed E-state index contributed by atoms with van der Waals surface area (Å²) in [6.07, 6.45) is -1.84. The normalized spacial score (nSPS) is 8.88. The molecule has 0 aliphatic heterocycles. The molecule has 0 bridgehead atoms. The Kier molecular flexibility index (Phi) is 6.92. The van der Waals surface area contributed by atoms with E-state index in [1.165, 1.54) is 0 Å². The Labute approximate surface area is 99.4 Å². The van der Waals surface area contributed by atoms with E-state index in [1.54, 1.807) is 0 Å². The summed E-state index contributed by atoms with van der Waals surface area (Å²) >= 11 is 0. The molecule has 0 aliphatic carbocycles. The largest absolute Gasteiger partial charge is 0.465 e. The third-order valence-corrected chi connectivity index (χ3v) is 1.36. The van der Waals surface area contributed by atoms with Crippen LogP contribution >= 0.6 is 0 Å². The summed E-state index contributed by atoms with van der Waals surface area (Å²) in [5, 5.41) is 9.81. The van der Waals surface area contributed by atoms with Crippen LogP contribution in [0.3, 0.4) is 0 Å². The summed E-state index contributed by atoms with van der Waals surface area (Å²) < 4.78 is 4.90. The average Bonchev–Trinajstić information content (AvgIpc) is 2.16. The number of amides is 2. The van der Waals surface area contributed by atoms with Crippen LogP contribution in [0.25, 0.3) is 0 Å². The van der Waals surface area contributed by atoms with Gasteiger partial charge in [-0.25, -0.2) is 9.59 Å². The molecule has 0 spiro atoms. The fraction of sp³-hybridized carbons (Fsp3) is 0.273. The Balaban J connectivity index is 0.000000557. The highest BCUT2D eigenvalue weighted by Gasteiger charge is 2.03. The second kappa shape index (κ2) is 7.98. The zero-order chi connectivity index (χ0) is 13.3. The molecule has 0 aliphatic rings. The van der Waals surface area contributed by atoms with Crippen molar-refractivity contribution < 1.29 is 19.4 Å². The number of carbonyl (C=O) groups is 2. The zero-order valence-electron chi connectivity index (χ0n) is 9.71. The lowest BCUT2D eigenvalue weighted by atomic mass is 10.3. The molecule has 1 rings (SSSR count). The Hall–Kier alpha value is -2.24. The van der Waals surface area contributed by atoms with Crippen molar-refractivity contribution in [2.75, 3.05) is 5.32 Å². The molecular weight excluding hydrogens is 224 g/mol. The molecule has 2 amide bonds. The number of rotatable bonds is 2. The van der Waals surface area contributed by atoms with Crippen LogP contribution in [0, 0.1) is 0 Å². The van der Waals surface area contributed by atoms with Gasteiger partial charge in [-0.2, -0.15) is 0 Å². The van der Waals surface area contributed by atoms with E-state index in [2.05, 4.69) is 11.1 Å². The number of primary amides is 1. The van der Waals surface area contributed by atoms with Crippen LogP contribution < -0.4 is 11.1 Å². The number of benzene rings is 1. The minimum atomic E-state index is -1.33. The fourth-order valence-electron chi connectivity index (χ4n) is 0.883. The number of hydrogen-bond acceptors (Lipinski definition) is 3. The molecule has 17 heavy (non-hydrogen) atoms. The number of carboxylic acid groups (broad SMARTS) is 1. The van der Waals surface area contributed by atoms with Gasteiger partial charge in [-0.3, -0.25) is 5.32 Å². The quantitative estimate of drug-likeness (QED) is 0.737. The number of ether oxygens (including phenoxy) is 1. The number of para-hydroxylation sites is 1. The lowest BCUT2D eigenvalue weighted by Crippen LogP contribution is -2.17. The Morgan fingerprint density at radius 1 is 1.29 bits per heavy atom. The van der Waals surface area contributed by atoms with E-state index in [0.29, 0.717) is 0 Å². The number of hydrogen-bond donors (Lipinski definition) is 3. The SMILES string of the molecule is CC(C)OC(=O)Nc1ccccc1.NC(=O)O. The van der Waals surface area contributed by atoms with Gasteiger partial charge in [0.05, 0.1) is 6.10 Å². The van der Waals surface area contributed by atoms with Crippen molar-refractivity contribution >= 4 is 17.9 Å². The van der Waals surface area contributed by atoms with Crippen molar-refractivity contribution in [1.82, 2.24) is 0 Å². The molecule has 94 valence electrons. The standard InChI is InChI=1S/C10H13NO2.CH3NO2/c1-8(2)13-10(12)11-9-6-4-3-5-7-9;2-1(3)4/h3-8H,1-2H3,(H,11,12);2H2,(H,3,4). The van der Waals surface area contributed by atoms with Gasteiger partial charge < -0.3 is 15.6 Å². The van der Waals surface area contributed by atoms with Gasteiger partial charge in [0.25, 0.3) is 0 Å². The number of nitrogens with two attached hydrogens (primary N) is 1. The van der Waals surface area contributed by atoms with Gasteiger partial charge in [-0.15, -0.1) is 0 Å². The summed E-state index contributed by atoms with van der Waals surface area (Å²) in [5.41, 5.74) is 4.77. The van der Waals surface area contributed by atoms with Crippen molar-refractivity contribution in [2.45, 2.75) is 20.0 Å². The molecule has 0 unspecified atom stereocenters. The lowest BCUT2D eigenvalue weighted by Gasteiger charge is -2.08. The molecule has 1 aromatic carbocycles. The van der Waals surface area contributed by atoms with E-state index in [1.807, 2.05) is 44.2 Å². The first kappa shape index (κ1) is 14.8. The van der Waals surface area contributed by atoms with Crippen molar-refractivity contribution in [3.05, 3.63) is 30.3 Å². The molecule has 0 fully saturated rings. The summed E-state index contributed by atoms with van der Waals surface area (Å²) in [6, 6.07) is 9.21. The van der Waals surface area contributed by atoms with Gasteiger partial charge in [0, 0.05) is 5.69 Å². The predicted molar refractivity (Wildman–Crippen MR) is 63.9 cm³/mol.